The van der Waals surface area contributed by atoms with Crippen molar-refractivity contribution in [2.45, 2.75) is 44.7 Å². The minimum Gasteiger partial charge on any atom is -0.496 e. The molecule has 2 atom stereocenters. The summed E-state index contributed by atoms with van der Waals surface area (Å²) in [6, 6.07) is 13.1. The molecule has 1 N–H and O–H groups in total. The van der Waals surface area contributed by atoms with E-state index in [1.54, 1.807) is 24.1 Å². The second-order valence-corrected chi connectivity index (χ2v) is 7.90. The normalized spacial score (nSPS) is 18.2. The quantitative estimate of drug-likeness (QED) is 0.650. The molecule has 1 aliphatic carbocycles. The van der Waals surface area contributed by atoms with Crippen LogP contribution >= 0.6 is 0 Å². The predicted molar refractivity (Wildman–Crippen MR) is 118 cm³/mol. The van der Waals surface area contributed by atoms with Crippen molar-refractivity contribution in [2.24, 2.45) is 0 Å². The molecule has 1 aliphatic rings. The van der Waals surface area contributed by atoms with Crippen LogP contribution in [-0.2, 0) is 4.79 Å². The number of benzene rings is 2. The Morgan fingerprint density at radius 3 is 2.77 bits per heavy atom. The zero-order valence-corrected chi connectivity index (χ0v) is 18.1. The summed E-state index contributed by atoms with van der Waals surface area (Å²) in [5.74, 6) is 0.968. The van der Waals surface area contributed by atoms with Gasteiger partial charge in [0, 0.05) is 31.1 Å². The molecule has 1 saturated carbocycles. The number of aromatic nitrogens is 1. The summed E-state index contributed by atoms with van der Waals surface area (Å²) in [5.41, 5.74) is 2.71. The van der Waals surface area contributed by atoms with Crippen molar-refractivity contribution in [1.82, 2.24) is 15.2 Å². The van der Waals surface area contributed by atoms with Crippen LogP contribution in [0.1, 0.15) is 43.0 Å². The molecule has 3 aromatic rings. The third-order valence-corrected chi connectivity index (χ3v) is 5.93. The first-order valence-electron chi connectivity index (χ1n) is 10.6. The van der Waals surface area contributed by atoms with E-state index < -0.39 is 0 Å². The molecule has 2 unspecified atom stereocenters. The molecule has 1 heterocycles. The predicted octanol–water partition coefficient (Wildman–Crippen LogP) is 4.02. The Kier molecular flexibility index (Phi) is 5.93. The molecule has 2 amide bonds. The third-order valence-electron chi connectivity index (χ3n) is 5.93. The molecule has 0 aliphatic heterocycles. The number of nitrogens with one attached hydrogen (secondary N) is 1. The Bertz CT molecular complexity index is 1070. The van der Waals surface area contributed by atoms with Crippen LogP contribution in [-0.4, -0.2) is 47.9 Å². The molecular weight excluding hydrogens is 394 g/mol. The Hall–Kier alpha value is -3.35. The third kappa shape index (κ3) is 4.26. The fourth-order valence-electron chi connectivity index (χ4n) is 4.13. The Morgan fingerprint density at radius 1 is 1.23 bits per heavy atom. The number of fused-ring (bicyclic) bond motifs is 1. The summed E-state index contributed by atoms with van der Waals surface area (Å²) in [4.78, 5) is 31.1. The van der Waals surface area contributed by atoms with Crippen LogP contribution < -0.4 is 10.1 Å². The number of nitrogens with zero attached hydrogens (tertiary/aromatic N) is 2. The van der Waals surface area contributed by atoms with Gasteiger partial charge in [0.1, 0.15) is 11.3 Å². The molecule has 0 saturated heterocycles. The Morgan fingerprint density at radius 2 is 2.03 bits per heavy atom. The molecule has 162 valence electrons. The monoisotopic (exact) mass is 421 g/mol. The van der Waals surface area contributed by atoms with E-state index in [-0.39, 0.29) is 23.9 Å². The minimum atomic E-state index is -0.0742. The van der Waals surface area contributed by atoms with Crippen molar-refractivity contribution >= 4 is 22.9 Å². The smallest absolute Gasteiger partial charge is 0.253 e. The van der Waals surface area contributed by atoms with Crippen LogP contribution in [0.3, 0.4) is 0 Å². The molecule has 0 bridgehead atoms. The number of amides is 2. The fraction of sp³-hybridized carbons (Fsp3) is 0.375. The van der Waals surface area contributed by atoms with E-state index >= 15 is 0 Å². The van der Waals surface area contributed by atoms with Gasteiger partial charge in [0.05, 0.1) is 12.7 Å². The van der Waals surface area contributed by atoms with E-state index in [4.69, 9.17) is 9.15 Å². The molecule has 0 spiro atoms. The van der Waals surface area contributed by atoms with Crippen LogP contribution in [0.25, 0.3) is 22.6 Å². The minimum absolute atomic E-state index is 0.0548. The van der Waals surface area contributed by atoms with Crippen molar-refractivity contribution in [3.05, 3.63) is 48.0 Å². The van der Waals surface area contributed by atoms with Crippen LogP contribution in [0.5, 0.6) is 5.75 Å². The number of rotatable bonds is 6. The zero-order chi connectivity index (χ0) is 22.0. The molecule has 7 heteroatoms. The molecule has 0 radical (unpaired) electrons. The lowest BCUT2D eigenvalue weighted by molar-refractivity contribution is -0.121. The SMILES string of the molecule is CCC(=O)NC1CCC(N(C)C(=O)c2ccc(-c3nc4ccccc4o3)c(OC)c2)C1. The molecule has 31 heavy (non-hydrogen) atoms. The molecular formula is C24H27N3O4. The molecule has 2 aromatic carbocycles. The highest BCUT2D eigenvalue weighted by Crippen LogP contribution is 2.33. The molecule has 4 rings (SSSR count). The van der Waals surface area contributed by atoms with E-state index in [0.29, 0.717) is 34.8 Å². The second-order valence-electron chi connectivity index (χ2n) is 7.90. The van der Waals surface area contributed by atoms with Crippen LogP contribution in [0.2, 0.25) is 0 Å². The maximum atomic E-state index is 13.1. The average Bonchev–Trinajstić information content (AvgIpc) is 3.44. The molecule has 7 nitrogen and oxygen atoms in total. The van der Waals surface area contributed by atoms with Gasteiger partial charge in [-0.05, 0) is 49.6 Å². The van der Waals surface area contributed by atoms with Crippen LogP contribution in [0.15, 0.2) is 46.9 Å². The lowest BCUT2D eigenvalue weighted by Crippen LogP contribution is -2.38. The number of para-hydroxylation sites is 2. The number of carbonyl (C=O) groups is 2. The second kappa shape index (κ2) is 8.79. The fourth-order valence-corrected chi connectivity index (χ4v) is 4.13. The number of hydrogen-bond acceptors (Lipinski definition) is 5. The summed E-state index contributed by atoms with van der Waals surface area (Å²) < 4.78 is 11.4. The Labute approximate surface area is 181 Å². The van der Waals surface area contributed by atoms with Gasteiger partial charge in [-0.25, -0.2) is 4.98 Å². The van der Waals surface area contributed by atoms with Crippen molar-refractivity contribution < 1.29 is 18.7 Å². The standard InChI is InChI=1S/C24H27N3O4/c1-4-22(28)25-16-10-11-17(14-16)27(2)24(29)15-9-12-18(21(13-15)30-3)23-26-19-7-5-6-8-20(19)31-23/h5-9,12-13,16-17H,4,10-11,14H2,1-3H3,(H,25,28). The van der Waals surface area contributed by atoms with Gasteiger partial charge >= 0.3 is 0 Å². The van der Waals surface area contributed by atoms with Crippen molar-refractivity contribution in [1.29, 1.82) is 0 Å². The van der Waals surface area contributed by atoms with Crippen LogP contribution in [0, 0.1) is 0 Å². The average molecular weight is 421 g/mol. The highest BCUT2D eigenvalue weighted by atomic mass is 16.5. The van der Waals surface area contributed by atoms with E-state index in [2.05, 4.69) is 10.3 Å². The highest BCUT2D eigenvalue weighted by Gasteiger charge is 2.31. The summed E-state index contributed by atoms with van der Waals surface area (Å²) >= 11 is 0. The summed E-state index contributed by atoms with van der Waals surface area (Å²) in [6.07, 6.45) is 3.00. The van der Waals surface area contributed by atoms with Gasteiger partial charge < -0.3 is 19.4 Å². The number of ether oxygens (including phenoxy) is 1. The lowest BCUT2D eigenvalue weighted by atomic mass is 10.1. The Balaban J connectivity index is 1.52. The van der Waals surface area contributed by atoms with Crippen LogP contribution in [0.4, 0.5) is 0 Å². The van der Waals surface area contributed by atoms with Gasteiger partial charge in [-0.3, -0.25) is 9.59 Å². The van der Waals surface area contributed by atoms with Gasteiger partial charge in [-0.2, -0.15) is 0 Å². The largest absolute Gasteiger partial charge is 0.496 e. The van der Waals surface area contributed by atoms with Crippen molar-refractivity contribution in [2.75, 3.05) is 14.2 Å². The van der Waals surface area contributed by atoms with Gasteiger partial charge in [-0.15, -0.1) is 0 Å². The van der Waals surface area contributed by atoms with Gasteiger partial charge in [0.25, 0.3) is 5.91 Å². The summed E-state index contributed by atoms with van der Waals surface area (Å²) in [6.45, 7) is 1.84. The molecule has 1 fully saturated rings. The van der Waals surface area contributed by atoms with E-state index in [0.717, 1.165) is 24.8 Å². The maximum absolute atomic E-state index is 13.1. The number of methoxy groups -OCH3 is 1. The summed E-state index contributed by atoms with van der Waals surface area (Å²) in [5, 5.41) is 3.03. The number of carbonyl (C=O) groups excluding carboxylic acids is 2. The topological polar surface area (TPSA) is 84.7 Å². The first-order chi connectivity index (χ1) is 15.0. The molecule has 1 aromatic heterocycles. The van der Waals surface area contributed by atoms with Crippen molar-refractivity contribution in [3.8, 4) is 17.2 Å². The van der Waals surface area contributed by atoms with E-state index in [1.165, 1.54) is 0 Å². The first kappa shape index (κ1) is 20.9. The van der Waals surface area contributed by atoms with Gasteiger partial charge in [0.2, 0.25) is 11.8 Å². The first-order valence-corrected chi connectivity index (χ1v) is 10.6. The van der Waals surface area contributed by atoms with Gasteiger partial charge in [0.15, 0.2) is 5.58 Å². The highest BCUT2D eigenvalue weighted by molar-refractivity contribution is 5.95. The summed E-state index contributed by atoms with van der Waals surface area (Å²) in [7, 11) is 3.38. The van der Waals surface area contributed by atoms with Gasteiger partial charge in [-0.1, -0.05) is 19.1 Å². The maximum Gasteiger partial charge on any atom is 0.253 e. The van der Waals surface area contributed by atoms with Crippen molar-refractivity contribution in [3.63, 3.8) is 0 Å². The zero-order valence-electron chi connectivity index (χ0n) is 18.1. The number of hydrogen-bond donors (Lipinski definition) is 1. The number of oxazole rings is 1. The van der Waals surface area contributed by atoms with E-state index in [1.807, 2.05) is 44.3 Å². The lowest BCUT2D eigenvalue weighted by Gasteiger charge is -2.25. The van der Waals surface area contributed by atoms with E-state index in [9.17, 15) is 9.59 Å².